The lowest BCUT2D eigenvalue weighted by Crippen LogP contribution is -2.41. The zero-order valence-corrected chi connectivity index (χ0v) is 16.3. The number of primary amides is 1. The summed E-state index contributed by atoms with van der Waals surface area (Å²) >= 11 is 0. The second-order valence-corrected chi connectivity index (χ2v) is 6.96. The van der Waals surface area contributed by atoms with E-state index >= 15 is 0 Å². The molecule has 0 aliphatic carbocycles. The number of benzene rings is 1. The number of carbonyl (C=O) groups excluding carboxylic acids is 2. The molecule has 0 saturated carbocycles. The third-order valence-corrected chi connectivity index (χ3v) is 4.94. The van der Waals surface area contributed by atoms with Crippen molar-refractivity contribution < 1.29 is 18.8 Å². The molecule has 1 atom stereocenters. The summed E-state index contributed by atoms with van der Waals surface area (Å²) in [7, 11) is 1.59. The van der Waals surface area contributed by atoms with E-state index in [0.29, 0.717) is 11.4 Å². The number of nitrogens with two attached hydrogens (primary N) is 1. The number of aromatic nitrogens is 1. The molecule has 2 N–H and O–H groups in total. The number of methoxy groups -OCH3 is 1. The van der Waals surface area contributed by atoms with Crippen molar-refractivity contribution >= 4 is 17.5 Å². The van der Waals surface area contributed by atoms with Gasteiger partial charge in [0.1, 0.15) is 5.75 Å². The molecule has 1 aliphatic heterocycles. The first-order valence-corrected chi connectivity index (χ1v) is 9.38. The highest BCUT2D eigenvalue weighted by molar-refractivity contribution is 5.95. The van der Waals surface area contributed by atoms with Crippen LogP contribution in [0.2, 0.25) is 0 Å². The van der Waals surface area contributed by atoms with Crippen LogP contribution in [0.25, 0.3) is 0 Å². The lowest BCUT2D eigenvalue weighted by molar-refractivity contribution is -0.120. The van der Waals surface area contributed by atoms with Crippen molar-refractivity contribution in [3.63, 3.8) is 0 Å². The molecule has 3 rings (SSSR count). The first kappa shape index (κ1) is 19.9. The summed E-state index contributed by atoms with van der Waals surface area (Å²) in [6.07, 6.45) is 2.01. The van der Waals surface area contributed by atoms with Gasteiger partial charge in [0.15, 0.2) is 5.76 Å². The maximum absolute atomic E-state index is 13.1. The van der Waals surface area contributed by atoms with Gasteiger partial charge in [0.25, 0.3) is 0 Å². The number of rotatable bonds is 8. The summed E-state index contributed by atoms with van der Waals surface area (Å²) in [6.45, 7) is 3.16. The van der Waals surface area contributed by atoms with E-state index in [1.54, 1.807) is 36.3 Å². The zero-order valence-electron chi connectivity index (χ0n) is 16.3. The maximum atomic E-state index is 13.1. The van der Waals surface area contributed by atoms with Gasteiger partial charge in [-0.1, -0.05) is 5.16 Å². The Morgan fingerprint density at radius 3 is 2.71 bits per heavy atom. The van der Waals surface area contributed by atoms with E-state index in [1.807, 2.05) is 13.0 Å². The number of nitrogens with zero attached hydrogens (tertiary/aromatic N) is 3. The fourth-order valence-corrected chi connectivity index (χ4v) is 3.52. The molecular formula is C20H26N4O4. The second kappa shape index (κ2) is 8.88. The molecule has 2 aromatic rings. The highest BCUT2D eigenvalue weighted by Crippen LogP contribution is 2.32. The van der Waals surface area contributed by atoms with Gasteiger partial charge >= 0.3 is 0 Å². The topological polar surface area (TPSA) is 102 Å². The molecule has 150 valence electrons. The Hall–Kier alpha value is -2.87. The van der Waals surface area contributed by atoms with E-state index in [2.05, 4.69) is 10.1 Å². The molecule has 8 nitrogen and oxygen atoms in total. The quantitative estimate of drug-likeness (QED) is 0.745. The minimum Gasteiger partial charge on any atom is -0.497 e. The number of amides is 2. The monoisotopic (exact) mass is 386 g/mol. The lowest BCUT2D eigenvalue weighted by atomic mass is 10.1. The Labute approximate surface area is 164 Å². The number of ether oxygens (including phenoxy) is 1. The van der Waals surface area contributed by atoms with Crippen LogP contribution in [0.5, 0.6) is 5.75 Å². The van der Waals surface area contributed by atoms with Gasteiger partial charge in [-0.3, -0.25) is 14.5 Å². The van der Waals surface area contributed by atoms with E-state index in [9.17, 15) is 9.59 Å². The van der Waals surface area contributed by atoms with Crippen LogP contribution >= 0.6 is 0 Å². The van der Waals surface area contributed by atoms with Crippen LogP contribution in [-0.4, -0.2) is 48.6 Å². The predicted octanol–water partition coefficient (Wildman–Crippen LogP) is 2.04. The summed E-state index contributed by atoms with van der Waals surface area (Å²) in [5.74, 6) is 0.958. The predicted molar refractivity (Wildman–Crippen MR) is 104 cm³/mol. The Balaban J connectivity index is 1.75. The molecule has 0 bridgehead atoms. The van der Waals surface area contributed by atoms with Crippen molar-refractivity contribution in [2.24, 2.45) is 5.73 Å². The van der Waals surface area contributed by atoms with Gasteiger partial charge in [-0.25, -0.2) is 0 Å². The molecular weight excluding hydrogens is 360 g/mol. The van der Waals surface area contributed by atoms with E-state index in [-0.39, 0.29) is 31.5 Å². The molecule has 1 saturated heterocycles. The fraction of sp³-hybridized carbons (Fsp3) is 0.450. The molecule has 0 unspecified atom stereocenters. The molecule has 8 heteroatoms. The highest BCUT2D eigenvalue weighted by atomic mass is 16.5. The van der Waals surface area contributed by atoms with E-state index in [1.165, 1.54) is 0 Å². The third kappa shape index (κ3) is 4.69. The average molecular weight is 386 g/mol. The standard InChI is InChI=1S/C20H26N4O4/c1-14-12-18(28-22-14)17-4-3-10-23(17)13-20(26)24(11-9-19(21)25)15-5-7-16(27-2)8-6-15/h5-8,12,17H,3-4,9-11,13H2,1-2H3,(H2,21,25)/t17-/m0/s1. The Morgan fingerprint density at radius 2 is 2.11 bits per heavy atom. The highest BCUT2D eigenvalue weighted by Gasteiger charge is 2.32. The van der Waals surface area contributed by atoms with Gasteiger partial charge < -0.3 is 19.9 Å². The molecule has 1 fully saturated rings. The van der Waals surface area contributed by atoms with Crippen molar-refractivity contribution in [3.8, 4) is 5.75 Å². The average Bonchev–Trinajstić information content (AvgIpc) is 3.30. The second-order valence-electron chi connectivity index (χ2n) is 6.96. The van der Waals surface area contributed by atoms with Crippen LogP contribution in [0.4, 0.5) is 5.69 Å². The number of aryl methyl sites for hydroxylation is 1. The summed E-state index contributed by atoms with van der Waals surface area (Å²) in [5.41, 5.74) is 6.84. The van der Waals surface area contributed by atoms with Gasteiger partial charge in [-0.05, 0) is 50.6 Å². The Morgan fingerprint density at radius 1 is 1.36 bits per heavy atom. The molecule has 28 heavy (non-hydrogen) atoms. The number of hydrogen-bond donors (Lipinski definition) is 1. The van der Waals surface area contributed by atoms with Crippen LogP contribution in [0.15, 0.2) is 34.9 Å². The number of likely N-dealkylation sites (tertiary alicyclic amines) is 1. The summed E-state index contributed by atoms with van der Waals surface area (Å²) in [6, 6.07) is 9.14. The van der Waals surface area contributed by atoms with E-state index < -0.39 is 5.91 Å². The minimum absolute atomic E-state index is 0.0407. The van der Waals surface area contributed by atoms with Crippen LogP contribution in [-0.2, 0) is 9.59 Å². The fourth-order valence-electron chi connectivity index (χ4n) is 3.52. The van der Waals surface area contributed by atoms with Crippen molar-refractivity contribution in [1.82, 2.24) is 10.1 Å². The molecule has 2 heterocycles. The molecule has 1 aromatic carbocycles. The van der Waals surface area contributed by atoms with Crippen molar-refractivity contribution in [1.29, 1.82) is 0 Å². The molecule has 2 amide bonds. The van der Waals surface area contributed by atoms with Gasteiger partial charge in [0.2, 0.25) is 11.8 Å². The normalized spacial score (nSPS) is 16.9. The van der Waals surface area contributed by atoms with Crippen LogP contribution < -0.4 is 15.4 Å². The smallest absolute Gasteiger partial charge is 0.241 e. The first-order chi connectivity index (χ1) is 13.5. The number of carbonyl (C=O) groups is 2. The number of anilines is 1. The molecule has 0 spiro atoms. The zero-order chi connectivity index (χ0) is 20.1. The number of hydrogen-bond acceptors (Lipinski definition) is 6. The van der Waals surface area contributed by atoms with Gasteiger partial charge in [-0.15, -0.1) is 0 Å². The summed E-state index contributed by atoms with van der Waals surface area (Å²) < 4.78 is 10.6. The Bertz CT molecular complexity index is 818. The first-order valence-electron chi connectivity index (χ1n) is 9.38. The van der Waals surface area contributed by atoms with Crippen LogP contribution in [0.3, 0.4) is 0 Å². The largest absolute Gasteiger partial charge is 0.497 e. The van der Waals surface area contributed by atoms with Gasteiger partial charge in [-0.2, -0.15) is 0 Å². The summed E-state index contributed by atoms with van der Waals surface area (Å²) in [4.78, 5) is 28.1. The Kier molecular flexibility index (Phi) is 6.30. The van der Waals surface area contributed by atoms with E-state index in [4.69, 9.17) is 15.0 Å². The maximum Gasteiger partial charge on any atom is 0.241 e. The lowest BCUT2D eigenvalue weighted by Gasteiger charge is -2.27. The van der Waals surface area contributed by atoms with Gasteiger partial charge in [0, 0.05) is 24.7 Å². The molecule has 1 aliphatic rings. The van der Waals surface area contributed by atoms with Crippen molar-refractivity contribution in [3.05, 3.63) is 41.8 Å². The van der Waals surface area contributed by atoms with Crippen molar-refractivity contribution in [2.75, 3.05) is 31.6 Å². The minimum atomic E-state index is -0.442. The van der Waals surface area contributed by atoms with Crippen LogP contribution in [0.1, 0.15) is 36.8 Å². The van der Waals surface area contributed by atoms with Crippen LogP contribution in [0, 0.1) is 6.92 Å². The van der Waals surface area contributed by atoms with E-state index in [0.717, 1.165) is 30.8 Å². The van der Waals surface area contributed by atoms with Gasteiger partial charge in [0.05, 0.1) is 25.4 Å². The van der Waals surface area contributed by atoms with Crippen molar-refractivity contribution in [2.45, 2.75) is 32.2 Å². The third-order valence-electron chi connectivity index (χ3n) is 4.94. The summed E-state index contributed by atoms with van der Waals surface area (Å²) in [5, 5.41) is 3.96. The molecule has 1 aromatic heterocycles. The SMILES string of the molecule is COc1ccc(N(CCC(N)=O)C(=O)CN2CCC[C@H]2c2cc(C)no2)cc1. The molecule has 0 radical (unpaired) electrons.